The minimum absolute atomic E-state index is 0.00978. The number of nitrogens with zero attached hydrogens (tertiary/aromatic N) is 2. The first-order valence-electron chi connectivity index (χ1n) is 8.83. The summed E-state index contributed by atoms with van der Waals surface area (Å²) in [6, 6.07) is 13.6. The zero-order valence-electron chi connectivity index (χ0n) is 15.4. The number of amides is 1. The van der Waals surface area contributed by atoms with Crippen molar-refractivity contribution in [3.63, 3.8) is 0 Å². The molecular weight excluding hydrogens is 328 g/mol. The van der Waals surface area contributed by atoms with Gasteiger partial charge in [0.1, 0.15) is 5.75 Å². The minimum atomic E-state index is -0.00978. The highest BCUT2D eigenvalue weighted by atomic mass is 16.5. The molecule has 0 spiro atoms. The first kappa shape index (κ1) is 18.1. The average molecular weight is 354 g/mol. The number of nitrogen functional groups attached to an aromatic ring is 1. The zero-order valence-corrected chi connectivity index (χ0v) is 15.4. The largest absolute Gasteiger partial charge is 0.495 e. The van der Waals surface area contributed by atoms with Gasteiger partial charge in [0.25, 0.3) is 0 Å². The molecule has 0 unspecified atom stereocenters. The highest BCUT2D eigenvalue weighted by molar-refractivity contribution is 5.93. The maximum Gasteiger partial charge on any atom is 0.238 e. The van der Waals surface area contributed by atoms with Gasteiger partial charge in [0.15, 0.2) is 0 Å². The number of hydrogen-bond donors (Lipinski definition) is 2. The number of methoxy groups -OCH3 is 1. The number of carbonyl (C=O) groups excluding carboxylic acids is 1. The Hall–Kier alpha value is -2.73. The fourth-order valence-corrected chi connectivity index (χ4v) is 3.21. The number of rotatable bonds is 5. The molecule has 1 amide bonds. The summed E-state index contributed by atoms with van der Waals surface area (Å²) in [7, 11) is 1.69. The number of benzene rings is 2. The van der Waals surface area contributed by atoms with Gasteiger partial charge in [-0.1, -0.05) is 18.2 Å². The van der Waals surface area contributed by atoms with E-state index in [2.05, 4.69) is 21.2 Å². The molecular formula is C20H26N4O2. The number of hydrogen-bond acceptors (Lipinski definition) is 5. The van der Waals surface area contributed by atoms with Crippen molar-refractivity contribution >= 4 is 23.0 Å². The molecule has 1 saturated heterocycles. The summed E-state index contributed by atoms with van der Waals surface area (Å²) < 4.78 is 5.45. The second-order valence-electron chi connectivity index (χ2n) is 6.56. The molecule has 1 aliphatic heterocycles. The smallest absolute Gasteiger partial charge is 0.238 e. The summed E-state index contributed by atoms with van der Waals surface area (Å²) in [5, 5.41) is 2.97. The van der Waals surface area contributed by atoms with Gasteiger partial charge in [-0.2, -0.15) is 0 Å². The zero-order chi connectivity index (χ0) is 18.5. The highest BCUT2D eigenvalue weighted by Crippen LogP contribution is 2.28. The van der Waals surface area contributed by atoms with Crippen molar-refractivity contribution in [1.82, 2.24) is 4.90 Å². The van der Waals surface area contributed by atoms with Crippen molar-refractivity contribution in [2.45, 2.75) is 6.92 Å². The third-order valence-electron chi connectivity index (χ3n) is 4.70. The lowest BCUT2D eigenvalue weighted by Gasteiger charge is -2.36. The van der Waals surface area contributed by atoms with E-state index >= 15 is 0 Å². The van der Waals surface area contributed by atoms with Gasteiger partial charge < -0.3 is 20.7 Å². The van der Waals surface area contributed by atoms with Gasteiger partial charge in [-0.15, -0.1) is 0 Å². The number of carbonyl (C=O) groups is 1. The van der Waals surface area contributed by atoms with Gasteiger partial charge in [0.05, 0.1) is 19.3 Å². The Bertz CT molecular complexity index is 770. The van der Waals surface area contributed by atoms with Crippen LogP contribution in [0.1, 0.15) is 5.56 Å². The Balaban J connectivity index is 1.54. The number of anilines is 3. The van der Waals surface area contributed by atoms with Gasteiger partial charge in [-0.3, -0.25) is 9.69 Å². The van der Waals surface area contributed by atoms with Gasteiger partial charge in [0, 0.05) is 37.6 Å². The molecule has 1 fully saturated rings. The number of ether oxygens (including phenoxy) is 1. The van der Waals surface area contributed by atoms with Crippen LogP contribution in [-0.2, 0) is 4.79 Å². The fourth-order valence-electron chi connectivity index (χ4n) is 3.21. The van der Waals surface area contributed by atoms with Crippen LogP contribution in [0.5, 0.6) is 5.75 Å². The van der Waals surface area contributed by atoms with E-state index in [1.807, 2.05) is 37.3 Å². The second kappa shape index (κ2) is 8.10. The molecule has 0 atom stereocenters. The molecule has 138 valence electrons. The Kier molecular flexibility index (Phi) is 5.63. The number of piperazine rings is 1. The number of nitrogens with one attached hydrogen (secondary N) is 1. The van der Waals surface area contributed by atoms with Crippen LogP contribution >= 0.6 is 0 Å². The molecule has 26 heavy (non-hydrogen) atoms. The molecule has 0 bridgehead atoms. The molecule has 3 N–H and O–H groups in total. The van der Waals surface area contributed by atoms with Crippen LogP contribution < -0.4 is 20.7 Å². The lowest BCUT2D eigenvalue weighted by Crippen LogP contribution is -2.48. The molecule has 1 aliphatic rings. The predicted octanol–water partition coefficient (Wildman–Crippen LogP) is 2.35. The van der Waals surface area contributed by atoms with Crippen molar-refractivity contribution < 1.29 is 9.53 Å². The van der Waals surface area contributed by atoms with Crippen LogP contribution in [0.15, 0.2) is 42.5 Å². The third-order valence-corrected chi connectivity index (χ3v) is 4.70. The van der Waals surface area contributed by atoms with Gasteiger partial charge in [-0.05, 0) is 36.8 Å². The molecule has 0 saturated carbocycles. The van der Waals surface area contributed by atoms with Gasteiger partial charge in [0.2, 0.25) is 5.91 Å². The lowest BCUT2D eigenvalue weighted by atomic mass is 10.2. The Morgan fingerprint density at radius 1 is 1.15 bits per heavy atom. The number of para-hydroxylation sites is 2. The molecule has 1 heterocycles. The molecule has 0 radical (unpaired) electrons. The van der Waals surface area contributed by atoms with Crippen molar-refractivity contribution in [2.24, 2.45) is 0 Å². The first-order valence-corrected chi connectivity index (χ1v) is 8.83. The summed E-state index contributed by atoms with van der Waals surface area (Å²) in [4.78, 5) is 16.8. The molecule has 6 heteroatoms. The highest BCUT2D eigenvalue weighted by Gasteiger charge is 2.21. The molecule has 6 nitrogen and oxygen atoms in total. The monoisotopic (exact) mass is 354 g/mol. The van der Waals surface area contributed by atoms with Crippen LogP contribution in [0.25, 0.3) is 0 Å². The summed E-state index contributed by atoms with van der Waals surface area (Å²) in [6.45, 7) is 5.74. The van der Waals surface area contributed by atoms with Crippen molar-refractivity contribution in [1.29, 1.82) is 0 Å². The van der Waals surface area contributed by atoms with E-state index in [9.17, 15) is 4.79 Å². The summed E-state index contributed by atoms with van der Waals surface area (Å²) >= 11 is 0. The molecule has 3 rings (SSSR count). The van der Waals surface area contributed by atoms with Crippen molar-refractivity contribution in [2.75, 3.05) is 55.8 Å². The molecule has 0 aliphatic carbocycles. The molecule has 2 aromatic rings. The normalized spacial score (nSPS) is 14.9. The topological polar surface area (TPSA) is 70.8 Å². The third kappa shape index (κ3) is 4.26. The van der Waals surface area contributed by atoms with E-state index in [0.717, 1.165) is 48.9 Å². The van der Waals surface area contributed by atoms with Crippen molar-refractivity contribution in [3.05, 3.63) is 48.0 Å². The predicted molar refractivity (Wildman–Crippen MR) is 106 cm³/mol. The molecule has 0 aromatic heterocycles. The first-order chi connectivity index (χ1) is 12.6. The van der Waals surface area contributed by atoms with Crippen molar-refractivity contribution in [3.8, 4) is 5.75 Å². The van der Waals surface area contributed by atoms with E-state index in [1.54, 1.807) is 13.2 Å². The van der Waals surface area contributed by atoms with E-state index in [-0.39, 0.29) is 5.91 Å². The molecule has 2 aromatic carbocycles. The SMILES string of the molecule is COc1ccccc1N1CCN(CC(=O)Nc2cc(N)ccc2C)CC1. The Morgan fingerprint density at radius 2 is 1.88 bits per heavy atom. The second-order valence-corrected chi connectivity index (χ2v) is 6.56. The van der Waals surface area contributed by atoms with Crippen LogP contribution in [0.2, 0.25) is 0 Å². The lowest BCUT2D eigenvalue weighted by molar-refractivity contribution is -0.117. The minimum Gasteiger partial charge on any atom is -0.495 e. The van der Waals surface area contributed by atoms with Crippen LogP contribution in [0, 0.1) is 6.92 Å². The number of aryl methyl sites for hydroxylation is 1. The van der Waals surface area contributed by atoms with E-state index in [4.69, 9.17) is 10.5 Å². The summed E-state index contributed by atoms with van der Waals surface area (Å²) in [6.07, 6.45) is 0. The summed E-state index contributed by atoms with van der Waals surface area (Å²) in [5.74, 6) is 0.875. The summed E-state index contributed by atoms with van der Waals surface area (Å²) in [5.41, 5.74) is 9.35. The maximum absolute atomic E-state index is 12.4. The van der Waals surface area contributed by atoms with Crippen LogP contribution in [-0.4, -0.2) is 50.6 Å². The average Bonchev–Trinajstić information content (AvgIpc) is 2.65. The van der Waals surface area contributed by atoms with E-state index in [1.165, 1.54) is 0 Å². The van der Waals surface area contributed by atoms with Crippen LogP contribution in [0.3, 0.4) is 0 Å². The van der Waals surface area contributed by atoms with Crippen LogP contribution in [0.4, 0.5) is 17.1 Å². The maximum atomic E-state index is 12.4. The van der Waals surface area contributed by atoms with Gasteiger partial charge >= 0.3 is 0 Å². The van der Waals surface area contributed by atoms with Gasteiger partial charge in [-0.25, -0.2) is 0 Å². The quantitative estimate of drug-likeness (QED) is 0.807. The Morgan fingerprint density at radius 3 is 2.62 bits per heavy atom. The fraction of sp³-hybridized carbons (Fsp3) is 0.350. The Labute approximate surface area is 154 Å². The van der Waals surface area contributed by atoms with E-state index in [0.29, 0.717) is 12.2 Å². The number of nitrogens with two attached hydrogens (primary N) is 1. The standard InChI is InChI=1S/C20H26N4O2/c1-15-7-8-16(21)13-17(15)22-20(25)14-23-9-11-24(12-10-23)18-5-3-4-6-19(18)26-2/h3-8,13H,9-12,14,21H2,1-2H3,(H,22,25). The van der Waals surface area contributed by atoms with E-state index < -0.39 is 0 Å².